The minimum absolute atomic E-state index is 0.568. The van der Waals surface area contributed by atoms with Crippen LogP contribution in [-0.4, -0.2) is 12.9 Å². The fraction of sp³-hybridized carbons (Fsp3) is 1.00. The Morgan fingerprint density at radius 2 is 1.40 bits per heavy atom. The molecule has 1 heterocycles. The monoisotopic (exact) mass is 368 g/mol. The highest BCUT2D eigenvalue weighted by molar-refractivity contribution is 14.1. The highest BCUT2D eigenvalue weighted by Gasteiger charge is 2.64. The summed E-state index contributed by atoms with van der Waals surface area (Å²) in [5.74, 6) is 0. The third-order valence-corrected chi connectivity index (χ3v) is 4.66. The molecule has 0 aromatic heterocycles. The Bertz CT molecular complexity index is 149. The van der Waals surface area contributed by atoms with Crippen molar-refractivity contribution >= 4 is 45.2 Å². The van der Waals surface area contributed by atoms with Gasteiger partial charge in [0, 0.05) is 0 Å². The van der Waals surface area contributed by atoms with E-state index in [0.717, 1.165) is 0 Å². The van der Waals surface area contributed by atoms with Crippen LogP contribution >= 0.6 is 45.2 Å². The van der Waals surface area contributed by atoms with E-state index in [1.807, 2.05) is 6.92 Å². The fourth-order valence-electron chi connectivity index (χ4n) is 0.727. The molecule has 2 atom stereocenters. The standard InChI is InChI=1S/C4H10I2N4/c1-2(7)3(5,8)10-4(2,6)9/h10H,7-9H2,1H3. The summed E-state index contributed by atoms with van der Waals surface area (Å²) < 4.78 is -1.17. The second-order valence-electron chi connectivity index (χ2n) is 2.75. The molecule has 10 heavy (non-hydrogen) atoms. The van der Waals surface area contributed by atoms with Crippen LogP contribution in [0.1, 0.15) is 6.92 Å². The number of rotatable bonds is 0. The SMILES string of the molecule is CC1(N)C(N)(I)NC1(N)I. The Morgan fingerprint density at radius 1 is 1.10 bits per heavy atom. The summed E-state index contributed by atoms with van der Waals surface area (Å²) in [6, 6.07) is 0. The maximum Gasteiger partial charge on any atom is 0.144 e. The van der Waals surface area contributed by atoms with E-state index in [0.29, 0.717) is 0 Å². The number of nitrogens with one attached hydrogen (secondary N) is 1. The van der Waals surface area contributed by atoms with Gasteiger partial charge in [-0.15, -0.1) is 0 Å². The quantitative estimate of drug-likeness (QED) is 0.261. The summed E-state index contributed by atoms with van der Waals surface area (Å²) in [5, 5.41) is 2.95. The highest BCUT2D eigenvalue weighted by atomic mass is 127. The van der Waals surface area contributed by atoms with Crippen LogP contribution in [0, 0.1) is 0 Å². The van der Waals surface area contributed by atoms with Gasteiger partial charge in [-0.1, -0.05) is 0 Å². The molecule has 1 aliphatic rings. The van der Waals surface area contributed by atoms with Crippen LogP contribution < -0.4 is 22.5 Å². The third-order valence-electron chi connectivity index (χ3n) is 1.88. The maximum absolute atomic E-state index is 5.85. The summed E-state index contributed by atoms with van der Waals surface area (Å²) >= 11 is 4.10. The molecule has 1 rings (SSSR count). The van der Waals surface area contributed by atoms with Crippen molar-refractivity contribution in [1.29, 1.82) is 0 Å². The van der Waals surface area contributed by atoms with E-state index in [4.69, 9.17) is 17.2 Å². The zero-order valence-electron chi connectivity index (χ0n) is 5.49. The van der Waals surface area contributed by atoms with Crippen molar-refractivity contribution < 1.29 is 0 Å². The largest absolute Gasteiger partial charge is 0.319 e. The molecule has 1 aliphatic heterocycles. The van der Waals surface area contributed by atoms with Crippen LogP contribution in [-0.2, 0) is 0 Å². The van der Waals surface area contributed by atoms with Crippen LogP contribution in [0.25, 0.3) is 0 Å². The van der Waals surface area contributed by atoms with E-state index in [1.54, 1.807) is 0 Å². The Hall–Kier alpha value is 1.30. The molecule has 0 saturated carbocycles. The molecular weight excluding hydrogens is 358 g/mol. The summed E-state index contributed by atoms with van der Waals surface area (Å²) in [6.45, 7) is 1.84. The minimum atomic E-state index is -0.583. The molecule has 0 radical (unpaired) electrons. The van der Waals surface area contributed by atoms with Gasteiger partial charge in [0.2, 0.25) is 0 Å². The van der Waals surface area contributed by atoms with Gasteiger partial charge in [-0.25, -0.2) is 0 Å². The molecule has 1 fully saturated rings. The number of hydrogen-bond acceptors (Lipinski definition) is 4. The number of halogens is 2. The molecule has 0 aromatic rings. The van der Waals surface area contributed by atoms with Gasteiger partial charge in [0.1, 0.15) is 7.34 Å². The number of nitrogens with two attached hydrogens (primary N) is 3. The summed E-state index contributed by atoms with van der Waals surface area (Å²) in [7, 11) is 0. The average Bonchev–Trinajstić information content (AvgIpc) is 1.61. The van der Waals surface area contributed by atoms with E-state index in [1.165, 1.54) is 0 Å². The number of hydrogen-bond donors (Lipinski definition) is 4. The van der Waals surface area contributed by atoms with Gasteiger partial charge < -0.3 is 17.2 Å². The lowest BCUT2D eigenvalue weighted by atomic mass is 9.88. The van der Waals surface area contributed by atoms with E-state index in [2.05, 4.69) is 50.5 Å². The van der Waals surface area contributed by atoms with Crippen molar-refractivity contribution in [1.82, 2.24) is 5.32 Å². The second-order valence-corrected chi connectivity index (χ2v) is 6.15. The summed E-state index contributed by atoms with van der Waals surface area (Å²) in [5.41, 5.74) is 16.8. The predicted octanol–water partition coefficient (Wildman–Crippen LogP) is -0.598. The Kier molecular flexibility index (Phi) is 2.03. The Labute approximate surface area is 86.9 Å². The lowest BCUT2D eigenvalue weighted by Gasteiger charge is -2.60. The van der Waals surface area contributed by atoms with Gasteiger partial charge in [-0.2, -0.15) is 0 Å². The van der Waals surface area contributed by atoms with Gasteiger partial charge >= 0.3 is 0 Å². The molecular formula is C4H10I2N4. The lowest BCUT2D eigenvalue weighted by molar-refractivity contribution is 0.0978. The van der Waals surface area contributed by atoms with Crippen LogP contribution in [0.4, 0.5) is 0 Å². The van der Waals surface area contributed by atoms with Crippen molar-refractivity contribution in [3.63, 3.8) is 0 Å². The summed E-state index contributed by atoms with van der Waals surface area (Å²) in [6.07, 6.45) is 0. The topological polar surface area (TPSA) is 90.1 Å². The van der Waals surface area contributed by atoms with Crippen molar-refractivity contribution in [2.75, 3.05) is 0 Å². The normalized spacial score (nSPS) is 61.8. The first-order valence-corrected chi connectivity index (χ1v) is 4.90. The molecule has 7 N–H and O–H groups in total. The van der Waals surface area contributed by atoms with Crippen molar-refractivity contribution in [2.24, 2.45) is 17.2 Å². The average molecular weight is 368 g/mol. The molecule has 6 heteroatoms. The molecule has 0 amide bonds. The van der Waals surface area contributed by atoms with E-state index in [-0.39, 0.29) is 0 Å². The first kappa shape index (κ1) is 9.39. The first-order valence-electron chi connectivity index (χ1n) is 2.74. The van der Waals surface area contributed by atoms with Crippen LogP contribution in [0.3, 0.4) is 0 Å². The molecule has 2 unspecified atom stereocenters. The maximum atomic E-state index is 5.85. The van der Waals surface area contributed by atoms with Crippen LogP contribution in [0.5, 0.6) is 0 Å². The molecule has 0 spiro atoms. The van der Waals surface area contributed by atoms with Gasteiger partial charge in [0.25, 0.3) is 0 Å². The van der Waals surface area contributed by atoms with Gasteiger partial charge in [0.15, 0.2) is 0 Å². The van der Waals surface area contributed by atoms with Gasteiger partial charge in [-0.3, -0.25) is 5.32 Å². The molecule has 0 aromatic carbocycles. The molecule has 60 valence electrons. The second kappa shape index (κ2) is 2.16. The van der Waals surface area contributed by atoms with E-state index in [9.17, 15) is 0 Å². The van der Waals surface area contributed by atoms with Crippen molar-refractivity contribution in [3.05, 3.63) is 0 Å². The third kappa shape index (κ3) is 1.00. The van der Waals surface area contributed by atoms with Gasteiger partial charge in [0.05, 0.1) is 5.54 Å². The predicted molar refractivity (Wildman–Crippen MR) is 57.6 cm³/mol. The highest BCUT2D eigenvalue weighted by Crippen LogP contribution is 2.43. The molecule has 0 bridgehead atoms. The lowest BCUT2D eigenvalue weighted by Crippen LogP contribution is -2.94. The van der Waals surface area contributed by atoms with Crippen molar-refractivity contribution in [3.8, 4) is 0 Å². The van der Waals surface area contributed by atoms with Gasteiger partial charge in [-0.05, 0) is 52.1 Å². The summed E-state index contributed by atoms with van der Waals surface area (Å²) in [4.78, 5) is 0. The van der Waals surface area contributed by atoms with Crippen molar-refractivity contribution in [2.45, 2.75) is 19.8 Å². The first-order chi connectivity index (χ1) is 4.21. The molecule has 0 aliphatic carbocycles. The van der Waals surface area contributed by atoms with Crippen LogP contribution in [0.2, 0.25) is 0 Å². The van der Waals surface area contributed by atoms with E-state index >= 15 is 0 Å². The zero-order valence-corrected chi connectivity index (χ0v) is 9.80. The minimum Gasteiger partial charge on any atom is -0.319 e. The Balaban J connectivity index is 2.85. The zero-order chi connectivity index (χ0) is 8.21. The molecule has 1 saturated heterocycles. The Morgan fingerprint density at radius 3 is 1.40 bits per heavy atom. The van der Waals surface area contributed by atoms with Crippen LogP contribution in [0.15, 0.2) is 0 Å². The number of alkyl halides is 2. The van der Waals surface area contributed by atoms with E-state index < -0.39 is 12.9 Å². The smallest absolute Gasteiger partial charge is 0.144 e. The molecule has 4 nitrogen and oxygen atoms in total. The fourth-order valence-corrected chi connectivity index (χ4v) is 3.46.